The molecule has 0 spiro atoms. The number of ketones is 1. The Balaban J connectivity index is 1.73. The van der Waals surface area contributed by atoms with Crippen molar-refractivity contribution in [3.05, 3.63) is 23.8 Å². The molecule has 0 saturated heterocycles. The van der Waals surface area contributed by atoms with E-state index >= 15 is 0 Å². The van der Waals surface area contributed by atoms with Crippen LogP contribution in [0.2, 0.25) is 0 Å². The predicted octanol–water partition coefficient (Wildman–Crippen LogP) is 4.29. The van der Waals surface area contributed by atoms with Gasteiger partial charge in [0.1, 0.15) is 0 Å². The first-order chi connectivity index (χ1) is 9.20. The molecule has 1 nitrogen and oxygen atoms in total. The molecule has 1 heteroatoms. The standard InChI is InChI=1S/C18H24O/c1-18-10-3-2-7-16(18)17(19)11-14-13-6-4-5-12(13)8-9-15(14)18/h4-5,7,12-15H,2-3,6,8-11H2,1H3/t12?,13?,14?,15?,18-/m1/s1. The summed E-state index contributed by atoms with van der Waals surface area (Å²) >= 11 is 0. The second kappa shape index (κ2) is 4.07. The van der Waals surface area contributed by atoms with Crippen LogP contribution in [-0.4, -0.2) is 5.78 Å². The maximum Gasteiger partial charge on any atom is 0.159 e. The monoisotopic (exact) mass is 256 g/mol. The number of Topliss-reactive ketones (excluding diaryl/α,β-unsaturated/α-hetero) is 1. The smallest absolute Gasteiger partial charge is 0.159 e. The average Bonchev–Trinajstić information content (AvgIpc) is 2.87. The third-order valence-electron chi connectivity index (χ3n) is 6.62. The molecule has 19 heavy (non-hydrogen) atoms. The lowest BCUT2D eigenvalue weighted by molar-refractivity contribution is -0.125. The van der Waals surface area contributed by atoms with Gasteiger partial charge in [-0.1, -0.05) is 25.2 Å². The third-order valence-corrected chi connectivity index (χ3v) is 6.62. The lowest BCUT2D eigenvalue weighted by Crippen LogP contribution is -2.49. The molecule has 0 radical (unpaired) electrons. The molecule has 0 aromatic heterocycles. The normalized spacial score (nSPS) is 48.3. The van der Waals surface area contributed by atoms with Gasteiger partial charge < -0.3 is 0 Å². The molecule has 5 atom stereocenters. The number of carbonyl (C=O) groups is 1. The third kappa shape index (κ3) is 1.57. The number of carbonyl (C=O) groups excluding carboxylic acids is 1. The number of rotatable bonds is 0. The van der Waals surface area contributed by atoms with Gasteiger partial charge >= 0.3 is 0 Å². The summed E-state index contributed by atoms with van der Waals surface area (Å²) in [6, 6.07) is 0. The molecule has 0 heterocycles. The maximum atomic E-state index is 12.6. The molecular weight excluding hydrogens is 232 g/mol. The van der Waals surface area contributed by atoms with Gasteiger partial charge in [-0.05, 0) is 73.2 Å². The number of fused-ring (bicyclic) bond motifs is 5. The fourth-order valence-corrected chi connectivity index (χ4v) is 5.72. The lowest BCUT2D eigenvalue weighted by Gasteiger charge is -2.54. The van der Waals surface area contributed by atoms with E-state index in [4.69, 9.17) is 0 Å². The lowest BCUT2D eigenvalue weighted by atomic mass is 9.49. The van der Waals surface area contributed by atoms with E-state index in [0.717, 1.165) is 30.6 Å². The summed E-state index contributed by atoms with van der Waals surface area (Å²) in [5.41, 5.74) is 1.43. The Labute approximate surface area is 116 Å². The van der Waals surface area contributed by atoms with Crippen LogP contribution in [0, 0.1) is 29.1 Å². The van der Waals surface area contributed by atoms with E-state index in [1.165, 1.54) is 37.7 Å². The minimum Gasteiger partial charge on any atom is -0.295 e. The molecule has 0 aromatic rings. The minimum atomic E-state index is 0.214. The topological polar surface area (TPSA) is 17.1 Å². The number of hydrogen-bond donors (Lipinski definition) is 0. The molecule has 0 bridgehead atoms. The molecule has 0 aliphatic heterocycles. The zero-order valence-electron chi connectivity index (χ0n) is 11.9. The zero-order valence-corrected chi connectivity index (χ0v) is 11.9. The van der Waals surface area contributed by atoms with Gasteiger partial charge in [-0.2, -0.15) is 0 Å². The Bertz CT molecular complexity index is 472. The van der Waals surface area contributed by atoms with Crippen molar-refractivity contribution in [1.29, 1.82) is 0 Å². The predicted molar refractivity (Wildman–Crippen MR) is 76.6 cm³/mol. The molecule has 2 saturated carbocycles. The van der Waals surface area contributed by atoms with Crippen molar-refractivity contribution in [2.45, 2.75) is 51.9 Å². The van der Waals surface area contributed by atoms with Crippen molar-refractivity contribution in [2.75, 3.05) is 0 Å². The summed E-state index contributed by atoms with van der Waals surface area (Å²) in [7, 11) is 0. The molecule has 0 amide bonds. The highest BCUT2D eigenvalue weighted by Gasteiger charge is 2.53. The largest absolute Gasteiger partial charge is 0.295 e. The average molecular weight is 256 g/mol. The number of allylic oxidation sites excluding steroid dienone is 4. The van der Waals surface area contributed by atoms with Gasteiger partial charge in [-0.25, -0.2) is 0 Å². The quantitative estimate of drug-likeness (QED) is 0.591. The van der Waals surface area contributed by atoms with Crippen LogP contribution in [0.15, 0.2) is 23.8 Å². The highest BCUT2D eigenvalue weighted by atomic mass is 16.1. The van der Waals surface area contributed by atoms with Crippen molar-refractivity contribution in [3.63, 3.8) is 0 Å². The van der Waals surface area contributed by atoms with E-state index in [9.17, 15) is 4.79 Å². The first-order valence-electron chi connectivity index (χ1n) is 8.10. The molecule has 4 aliphatic rings. The first-order valence-corrected chi connectivity index (χ1v) is 8.10. The van der Waals surface area contributed by atoms with Gasteiger partial charge in [-0.3, -0.25) is 4.79 Å². The van der Waals surface area contributed by atoms with Gasteiger partial charge in [-0.15, -0.1) is 0 Å². The molecule has 0 N–H and O–H groups in total. The maximum absolute atomic E-state index is 12.6. The van der Waals surface area contributed by atoms with E-state index in [2.05, 4.69) is 25.2 Å². The van der Waals surface area contributed by atoms with Gasteiger partial charge in [0.05, 0.1) is 0 Å². The Morgan fingerprint density at radius 3 is 3.05 bits per heavy atom. The summed E-state index contributed by atoms with van der Waals surface area (Å²) in [5.74, 6) is 3.49. The van der Waals surface area contributed by atoms with Crippen LogP contribution in [0.3, 0.4) is 0 Å². The molecule has 4 unspecified atom stereocenters. The fraction of sp³-hybridized carbons (Fsp3) is 0.722. The van der Waals surface area contributed by atoms with Crippen LogP contribution in [0.1, 0.15) is 51.9 Å². The van der Waals surface area contributed by atoms with Crippen molar-refractivity contribution < 1.29 is 4.79 Å². The Morgan fingerprint density at radius 2 is 2.16 bits per heavy atom. The summed E-state index contributed by atoms with van der Waals surface area (Å²) in [6.07, 6.45) is 15.5. The Kier molecular flexibility index (Phi) is 2.56. The molecule has 0 aromatic carbocycles. The molecular formula is C18H24O. The van der Waals surface area contributed by atoms with E-state index in [1.807, 2.05) is 0 Å². The van der Waals surface area contributed by atoms with E-state index in [-0.39, 0.29) is 5.41 Å². The Morgan fingerprint density at radius 1 is 1.26 bits per heavy atom. The molecule has 4 rings (SSSR count). The Hall–Kier alpha value is -0.850. The second-order valence-electron chi connectivity index (χ2n) is 7.39. The van der Waals surface area contributed by atoms with Crippen LogP contribution in [0.4, 0.5) is 0 Å². The summed E-state index contributed by atoms with van der Waals surface area (Å²) in [5, 5.41) is 0. The molecule has 4 aliphatic carbocycles. The second-order valence-corrected chi connectivity index (χ2v) is 7.39. The summed E-state index contributed by atoms with van der Waals surface area (Å²) in [4.78, 5) is 12.6. The summed E-state index contributed by atoms with van der Waals surface area (Å²) in [6.45, 7) is 2.40. The van der Waals surface area contributed by atoms with Gasteiger partial charge in [0, 0.05) is 6.42 Å². The van der Waals surface area contributed by atoms with E-state index in [0.29, 0.717) is 11.7 Å². The number of hydrogen-bond acceptors (Lipinski definition) is 1. The van der Waals surface area contributed by atoms with Gasteiger partial charge in [0.25, 0.3) is 0 Å². The van der Waals surface area contributed by atoms with E-state index in [1.54, 1.807) is 0 Å². The van der Waals surface area contributed by atoms with Crippen LogP contribution in [0.5, 0.6) is 0 Å². The van der Waals surface area contributed by atoms with Gasteiger partial charge in [0.2, 0.25) is 0 Å². The van der Waals surface area contributed by atoms with E-state index < -0.39 is 0 Å². The fourth-order valence-electron chi connectivity index (χ4n) is 5.72. The van der Waals surface area contributed by atoms with Crippen molar-refractivity contribution in [3.8, 4) is 0 Å². The van der Waals surface area contributed by atoms with Crippen LogP contribution in [-0.2, 0) is 4.79 Å². The highest BCUT2D eigenvalue weighted by Crippen LogP contribution is 2.59. The van der Waals surface area contributed by atoms with Crippen molar-refractivity contribution >= 4 is 5.78 Å². The van der Waals surface area contributed by atoms with Crippen LogP contribution in [0.25, 0.3) is 0 Å². The molecule has 102 valence electrons. The van der Waals surface area contributed by atoms with Crippen LogP contribution >= 0.6 is 0 Å². The van der Waals surface area contributed by atoms with Crippen molar-refractivity contribution in [1.82, 2.24) is 0 Å². The SMILES string of the molecule is C[C@]12CCCC=C1C(=O)CC1C3CC=CC3CCC12. The minimum absolute atomic E-state index is 0.214. The van der Waals surface area contributed by atoms with Gasteiger partial charge in [0.15, 0.2) is 5.78 Å². The molecule has 2 fully saturated rings. The highest BCUT2D eigenvalue weighted by molar-refractivity contribution is 5.98. The van der Waals surface area contributed by atoms with Crippen LogP contribution < -0.4 is 0 Å². The zero-order chi connectivity index (χ0) is 13.0. The summed E-state index contributed by atoms with van der Waals surface area (Å²) < 4.78 is 0. The first kappa shape index (κ1) is 11.9. The van der Waals surface area contributed by atoms with Crippen molar-refractivity contribution in [2.24, 2.45) is 29.1 Å².